The number of imide groups is 1. The van der Waals surface area contributed by atoms with E-state index in [1.165, 1.54) is 20.8 Å². The fourth-order valence-electron chi connectivity index (χ4n) is 5.30. The minimum Gasteiger partial charge on any atom is -0.748 e. The first kappa shape index (κ1) is 30.3. The van der Waals surface area contributed by atoms with Crippen LogP contribution in [0.2, 0.25) is 0 Å². The van der Waals surface area contributed by atoms with Crippen molar-refractivity contribution in [3.63, 3.8) is 0 Å². The Morgan fingerprint density at radius 2 is 0.927 bits per heavy atom. The van der Waals surface area contributed by atoms with Crippen LogP contribution in [0.25, 0.3) is 0 Å². The number of fused-ring (bicyclic) bond motifs is 1. The first-order valence-electron chi connectivity index (χ1n) is 13.6. The Bertz CT molecular complexity index is 1420. The molecule has 0 fully saturated rings. The van der Waals surface area contributed by atoms with Crippen LogP contribution >= 0.6 is 7.26 Å². The van der Waals surface area contributed by atoms with Crippen molar-refractivity contribution in [2.45, 2.75) is 25.7 Å². The van der Waals surface area contributed by atoms with Crippen molar-refractivity contribution in [1.29, 1.82) is 0 Å². The fourth-order valence-corrected chi connectivity index (χ4v) is 9.71. The van der Waals surface area contributed by atoms with Crippen LogP contribution in [0, 0.1) is 0 Å². The minimum atomic E-state index is -3.92. The van der Waals surface area contributed by atoms with E-state index in [0.717, 1.165) is 31.8 Å². The van der Waals surface area contributed by atoms with E-state index in [2.05, 4.69) is 91.0 Å². The van der Waals surface area contributed by atoms with Gasteiger partial charge in [-0.15, -0.1) is 0 Å². The summed E-state index contributed by atoms with van der Waals surface area (Å²) in [5, 5.41) is 4.23. The molecule has 0 N–H and O–H groups in total. The van der Waals surface area contributed by atoms with Gasteiger partial charge in [0.1, 0.15) is 23.2 Å². The lowest BCUT2D eigenvalue weighted by Gasteiger charge is -2.27. The largest absolute Gasteiger partial charge is 0.748 e. The van der Waals surface area contributed by atoms with Gasteiger partial charge in [-0.1, -0.05) is 73.2 Å². The maximum Gasteiger partial charge on any atom is 0.261 e. The number of hydrogen-bond acceptors (Lipinski definition) is 5. The second kappa shape index (κ2) is 13.8. The molecule has 0 saturated heterocycles. The molecule has 1 aliphatic rings. The van der Waals surface area contributed by atoms with Crippen LogP contribution in [0.5, 0.6) is 0 Å². The van der Waals surface area contributed by atoms with Crippen LogP contribution in [-0.2, 0) is 10.1 Å². The van der Waals surface area contributed by atoms with Gasteiger partial charge in [0.05, 0.1) is 27.4 Å². The van der Waals surface area contributed by atoms with E-state index in [-0.39, 0.29) is 11.8 Å². The maximum absolute atomic E-state index is 12.6. The highest BCUT2D eigenvalue weighted by Crippen LogP contribution is 2.56. The first-order valence-corrected chi connectivity index (χ1v) is 17.4. The molecule has 0 spiro atoms. The number of nitrogens with zero attached hydrogens (tertiary/aromatic N) is 1. The summed E-state index contributed by atoms with van der Waals surface area (Å²) in [5.41, 5.74) is 1.07. The molecule has 4 aromatic rings. The number of unbranched alkanes of at least 4 members (excludes halogenated alkanes) is 3. The number of carbonyl (C=O) groups excluding carboxylic acids is 2. The van der Waals surface area contributed by atoms with E-state index < -0.39 is 17.4 Å². The number of hydrogen-bond donors (Lipinski definition) is 0. The van der Waals surface area contributed by atoms with Gasteiger partial charge in [-0.25, -0.2) is 8.42 Å². The summed E-state index contributed by atoms with van der Waals surface area (Å²) in [6, 6.07) is 40.0. The molecule has 0 radical (unpaired) electrons. The highest BCUT2D eigenvalue weighted by atomic mass is 32.2. The minimum absolute atomic E-state index is 0.155. The molecule has 8 heteroatoms. The summed E-state index contributed by atoms with van der Waals surface area (Å²) >= 11 is 0. The summed E-state index contributed by atoms with van der Waals surface area (Å²) in [4.78, 5) is 26.7. The van der Waals surface area contributed by atoms with Crippen molar-refractivity contribution in [2.24, 2.45) is 0 Å². The molecular weight excluding hydrogens is 553 g/mol. The van der Waals surface area contributed by atoms with Gasteiger partial charge in [0.25, 0.3) is 11.8 Å². The van der Waals surface area contributed by atoms with Gasteiger partial charge < -0.3 is 4.55 Å². The van der Waals surface area contributed by atoms with Crippen LogP contribution in [0.1, 0.15) is 46.4 Å². The Morgan fingerprint density at radius 1 is 0.585 bits per heavy atom. The third-order valence-electron chi connectivity index (χ3n) is 7.09. The van der Waals surface area contributed by atoms with Crippen LogP contribution in [-0.4, -0.2) is 48.6 Å². The van der Waals surface area contributed by atoms with Gasteiger partial charge in [0.15, 0.2) is 0 Å². The zero-order valence-corrected chi connectivity index (χ0v) is 24.8. The smallest absolute Gasteiger partial charge is 0.261 e. The van der Waals surface area contributed by atoms with Crippen molar-refractivity contribution < 1.29 is 22.6 Å². The summed E-state index contributed by atoms with van der Waals surface area (Å²) in [5.74, 6) is -0.310. The molecule has 0 aliphatic carbocycles. The molecule has 4 aromatic carbocycles. The lowest BCUT2D eigenvalue weighted by Crippen LogP contribution is -2.33. The van der Waals surface area contributed by atoms with Crippen molar-refractivity contribution in [1.82, 2.24) is 4.90 Å². The lowest BCUT2D eigenvalue weighted by molar-refractivity contribution is 0.0651. The second-order valence-electron chi connectivity index (χ2n) is 9.97. The number of rotatable bonds is 10. The second-order valence-corrected chi connectivity index (χ2v) is 15.0. The van der Waals surface area contributed by atoms with Gasteiger partial charge in [-0.05, 0) is 67.8 Å². The molecule has 5 rings (SSSR count). The quantitative estimate of drug-likeness (QED) is 0.113. The van der Waals surface area contributed by atoms with E-state index in [9.17, 15) is 9.59 Å². The summed E-state index contributed by atoms with van der Waals surface area (Å²) in [7, 11) is -5.72. The normalized spacial score (nSPS) is 13.0. The Labute approximate surface area is 243 Å². The van der Waals surface area contributed by atoms with Crippen molar-refractivity contribution in [3.05, 3.63) is 126 Å². The van der Waals surface area contributed by atoms with E-state index in [0.29, 0.717) is 23.9 Å². The van der Waals surface area contributed by atoms with Crippen LogP contribution < -0.4 is 15.9 Å². The highest BCUT2D eigenvalue weighted by Gasteiger charge is 2.44. The number of amides is 2. The number of carbonyl (C=O) groups is 2. The fraction of sp³-hybridized carbons (Fsp3) is 0.212. The molecule has 0 unspecified atom stereocenters. The van der Waals surface area contributed by atoms with Gasteiger partial charge in [-0.2, -0.15) is 0 Å². The highest BCUT2D eigenvalue weighted by molar-refractivity contribution is 7.95. The van der Waals surface area contributed by atoms with Gasteiger partial charge >= 0.3 is 0 Å². The molecule has 212 valence electrons. The topological polar surface area (TPSA) is 94.6 Å². The summed E-state index contributed by atoms with van der Waals surface area (Å²) < 4.78 is 27.2. The predicted octanol–water partition coefficient (Wildman–Crippen LogP) is 5.00. The molecule has 0 aromatic heterocycles. The van der Waals surface area contributed by atoms with Crippen molar-refractivity contribution in [3.8, 4) is 0 Å². The molecule has 6 nitrogen and oxygen atoms in total. The molecule has 1 heterocycles. The Kier molecular flexibility index (Phi) is 10.2. The Morgan fingerprint density at radius 3 is 1.32 bits per heavy atom. The van der Waals surface area contributed by atoms with E-state index in [1.54, 1.807) is 12.1 Å². The molecule has 0 bridgehead atoms. The van der Waals surface area contributed by atoms with Crippen molar-refractivity contribution >= 4 is 45.1 Å². The molecule has 0 atom stereocenters. The third kappa shape index (κ3) is 7.56. The summed E-state index contributed by atoms with van der Waals surface area (Å²) in [6.45, 7) is 0.489. The molecule has 2 amide bonds. The molecule has 41 heavy (non-hydrogen) atoms. The van der Waals surface area contributed by atoms with Crippen LogP contribution in [0.3, 0.4) is 0 Å². The maximum atomic E-state index is 12.6. The number of benzene rings is 4. The standard InChI is InChI=1S/C32H31NO2P.CH4O3S/c34-31-29-22-12-13-23-30(29)32(35)33(31)24-14-1-2-15-25-36(26-16-6-3-7-17-26,27-18-8-4-9-19-27)28-20-10-5-11-21-28;1-5(2,3)4/h3-13,16-23H,1-2,14-15,24-25H2;1H3,(H,2,3,4)/q+1;/p-1. The summed E-state index contributed by atoms with van der Waals surface area (Å²) in [6.07, 6.45) is 5.68. The SMILES string of the molecule is CS(=O)(=O)[O-].O=C1c2ccccc2C(=O)N1CCCCCC[P+](c1ccccc1)(c1ccccc1)c1ccccc1. The molecule has 0 saturated carbocycles. The van der Waals surface area contributed by atoms with E-state index in [4.69, 9.17) is 13.0 Å². The van der Waals surface area contributed by atoms with Gasteiger partial charge in [-0.3, -0.25) is 14.5 Å². The van der Waals surface area contributed by atoms with Gasteiger partial charge in [0.2, 0.25) is 0 Å². The van der Waals surface area contributed by atoms with Crippen LogP contribution in [0.15, 0.2) is 115 Å². The zero-order valence-electron chi connectivity index (χ0n) is 23.1. The molecule has 1 aliphatic heterocycles. The zero-order chi connectivity index (χ0) is 29.3. The predicted molar refractivity (Wildman–Crippen MR) is 166 cm³/mol. The Hall–Kier alpha value is -3.64. The Balaban J connectivity index is 0.000000714. The third-order valence-corrected chi connectivity index (χ3v) is 11.6. The van der Waals surface area contributed by atoms with Crippen molar-refractivity contribution in [2.75, 3.05) is 19.0 Å². The average Bonchev–Trinajstić information content (AvgIpc) is 3.22. The van der Waals surface area contributed by atoms with E-state index in [1.807, 2.05) is 12.1 Å². The lowest BCUT2D eigenvalue weighted by atomic mass is 10.1. The first-order chi connectivity index (χ1) is 19.7. The van der Waals surface area contributed by atoms with Gasteiger partial charge in [0, 0.05) is 12.8 Å². The van der Waals surface area contributed by atoms with Crippen LogP contribution in [0.4, 0.5) is 0 Å². The monoisotopic (exact) mass is 587 g/mol. The van der Waals surface area contributed by atoms with E-state index >= 15 is 0 Å². The molecular formula is C33H34NO5PS. The average molecular weight is 588 g/mol.